The molecule has 0 saturated carbocycles. The third-order valence-corrected chi connectivity index (χ3v) is 5.13. The van der Waals surface area contributed by atoms with Gasteiger partial charge in [0.2, 0.25) is 0 Å². The van der Waals surface area contributed by atoms with E-state index in [1.807, 2.05) is 31.2 Å². The SMILES string of the molecule is CCOCC(Sc1ccc(O)cc1)Sc1ccc(O)cc1. The molecule has 112 valence electrons. The number of rotatable bonds is 7. The van der Waals surface area contributed by atoms with Crippen LogP contribution in [-0.4, -0.2) is 28.0 Å². The van der Waals surface area contributed by atoms with Gasteiger partial charge in [0.1, 0.15) is 11.5 Å². The molecule has 0 aliphatic carbocycles. The molecule has 0 radical (unpaired) electrons. The molecule has 0 heterocycles. The van der Waals surface area contributed by atoms with Crippen molar-refractivity contribution in [2.24, 2.45) is 0 Å². The van der Waals surface area contributed by atoms with Crippen LogP contribution in [0.15, 0.2) is 58.3 Å². The van der Waals surface area contributed by atoms with Crippen LogP contribution in [0, 0.1) is 0 Å². The van der Waals surface area contributed by atoms with Crippen molar-refractivity contribution in [3.8, 4) is 11.5 Å². The van der Waals surface area contributed by atoms with Crippen LogP contribution in [0.25, 0.3) is 0 Å². The maximum Gasteiger partial charge on any atom is 0.115 e. The number of ether oxygens (including phenoxy) is 1. The fraction of sp³-hybridized carbons (Fsp3) is 0.250. The Bertz CT molecular complexity index is 493. The minimum Gasteiger partial charge on any atom is -0.508 e. The van der Waals surface area contributed by atoms with Gasteiger partial charge in [-0.1, -0.05) is 0 Å². The molecule has 2 rings (SSSR count). The molecule has 2 N–H and O–H groups in total. The number of phenolic OH excluding ortho intramolecular Hbond substituents is 2. The maximum absolute atomic E-state index is 9.33. The second-order valence-corrected chi connectivity index (χ2v) is 7.16. The van der Waals surface area contributed by atoms with Gasteiger partial charge in [-0.25, -0.2) is 0 Å². The topological polar surface area (TPSA) is 49.7 Å². The first-order valence-corrected chi connectivity index (χ1v) is 8.42. The third kappa shape index (κ3) is 5.53. The summed E-state index contributed by atoms with van der Waals surface area (Å²) in [5.41, 5.74) is 0. The van der Waals surface area contributed by atoms with E-state index in [9.17, 15) is 10.2 Å². The van der Waals surface area contributed by atoms with Crippen molar-refractivity contribution in [2.45, 2.75) is 21.3 Å². The summed E-state index contributed by atoms with van der Waals surface area (Å²) in [7, 11) is 0. The van der Waals surface area contributed by atoms with Crippen LogP contribution in [0.1, 0.15) is 6.92 Å². The average Bonchev–Trinajstić information content (AvgIpc) is 2.49. The average molecular weight is 322 g/mol. The lowest BCUT2D eigenvalue weighted by Crippen LogP contribution is -2.07. The number of hydrogen-bond donors (Lipinski definition) is 2. The van der Waals surface area contributed by atoms with Gasteiger partial charge in [-0.3, -0.25) is 0 Å². The van der Waals surface area contributed by atoms with Crippen molar-refractivity contribution in [1.82, 2.24) is 0 Å². The van der Waals surface area contributed by atoms with E-state index < -0.39 is 0 Å². The van der Waals surface area contributed by atoms with Crippen LogP contribution in [0.5, 0.6) is 11.5 Å². The van der Waals surface area contributed by atoms with Gasteiger partial charge in [0.25, 0.3) is 0 Å². The smallest absolute Gasteiger partial charge is 0.115 e. The van der Waals surface area contributed by atoms with Crippen molar-refractivity contribution < 1.29 is 14.9 Å². The maximum atomic E-state index is 9.33. The Kier molecular flexibility index (Phi) is 6.29. The minimum absolute atomic E-state index is 0.207. The highest BCUT2D eigenvalue weighted by Crippen LogP contribution is 2.36. The molecule has 2 aromatic carbocycles. The van der Waals surface area contributed by atoms with Crippen LogP contribution in [0.2, 0.25) is 0 Å². The zero-order valence-corrected chi connectivity index (χ0v) is 13.4. The van der Waals surface area contributed by atoms with E-state index in [-0.39, 0.29) is 16.1 Å². The second kappa shape index (κ2) is 8.22. The predicted molar refractivity (Wildman–Crippen MR) is 88.2 cm³/mol. The Hall–Kier alpha value is -1.30. The highest BCUT2D eigenvalue weighted by Gasteiger charge is 2.13. The fourth-order valence-corrected chi connectivity index (χ4v) is 4.04. The van der Waals surface area contributed by atoms with Crippen molar-refractivity contribution in [3.63, 3.8) is 0 Å². The first kappa shape index (κ1) is 16.1. The van der Waals surface area contributed by atoms with Crippen LogP contribution in [-0.2, 0) is 4.74 Å². The Labute approximate surface area is 133 Å². The van der Waals surface area contributed by atoms with Crippen LogP contribution >= 0.6 is 23.5 Å². The standard InChI is InChI=1S/C16H18O3S2/c1-2-19-11-16(20-14-7-3-12(17)4-8-14)21-15-9-5-13(18)6-10-15/h3-10,16-18H,2,11H2,1H3. The summed E-state index contributed by atoms with van der Waals surface area (Å²) in [5, 5.41) is 18.7. The quantitative estimate of drug-likeness (QED) is 0.586. The Morgan fingerprint density at radius 1 is 0.857 bits per heavy atom. The van der Waals surface area contributed by atoms with Gasteiger partial charge in [-0.05, 0) is 55.5 Å². The monoisotopic (exact) mass is 322 g/mol. The number of hydrogen-bond acceptors (Lipinski definition) is 5. The molecule has 5 heteroatoms. The highest BCUT2D eigenvalue weighted by molar-refractivity contribution is 8.17. The van der Waals surface area contributed by atoms with E-state index in [4.69, 9.17) is 4.74 Å². The van der Waals surface area contributed by atoms with Gasteiger partial charge in [-0.15, -0.1) is 23.5 Å². The Balaban J connectivity index is 2.02. The molecule has 0 spiro atoms. The fourth-order valence-electron chi connectivity index (χ4n) is 1.66. The van der Waals surface area contributed by atoms with Gasteiger partial charge in [0.15, 0.2) is 0 Å². The van der Waals surface area contributed by atoms with Crippen molar-refractivity contribution in [2.75, 3.05) is 13.2 Å². The molecule has 0 aliphatic rings. The lowest BCUT2D eigenvalue weighted by Gasteiger charge is -2.16. The molecule has 0 aromatic heterocycles. The zero-order chi connectivity index (χ0) is 15.1. The molecular weight excluding hydrogens is 304 g/mol. The van der Waals surface area contributed by atoms with E-state index in [0.717, 1.165) is 9.79 Å². The van der Waals surface area contributed by atoms with E-state index >= 15 is 0 Å². The molecule has 3 nitrogen and oxygen atoms in total. The van der Waals surface area contributed by atoms with Gasteiger partial charge in [-0.2, -0.15) is 0 Å². The molecule has 21 heavy (non-hydrogen) atoms. The van der Waals surface area contributed by atoms with Crippen LogP contribution in [0.3, 0.4) is 0 Å². The number of benzene rings is 2. The second-order valence-electron chi connectivity index (χ2n) is 4.31. The highest BCUT2D eigenvalue weighted by atomic mass is 32.2. The van der Waals surface area contributed by atoms with Crippen molar-refractivity contribution >= 4 is 23.5 Å². The molecular formula is C16H18O3S2. The van der Waals surface area contributed by atoms with E-state index in [1.165, 1.54) is 0 Å². The molecule has 0 atom stereocenters. The normalized spacial score (nSPS) is 11.0. The summed E-state index contributed by atoms with van der Waals surface area (Å²) in [6.07, 6.45) is 0. The molecule has 2 aromatic rings. The van der Waals surface area contributed by atoms with E-state index in [2.05, 4.69) is 0 Å². The lowest BCUT2D eigenvalue weighted by atomic mass is 10.3. The van der Waals surface area contributed by atoms with Crippen LogP contribution in [0.4, 0.5) is 0 Å². The van der Waals surface area contributed by atoms with Crippen molar-refractivity contribution in [1.29, 1.82) is 0 Å². The lowest BCUT2D eigenvalue weighted by molar-refractivity contribution is 0.160. The summed E-state index contributed by atoms with van der Waals surface area (Å²) in [4.78, 5) is 2.17. The summed E-state index contributed by atoms with van der Waals surface area (Å²) >= 11 is 3.40. The summed E-state index contributed by atoms with van der Waals surface area (Å²) in [5.74, 6) is 0.541. The van der Waals surface area contributed by atoms with Crippen molar-refractivity contribution in [3.05, 3.63) is 48.5 Å². The van der Waals surface area contributed by atoms with Gasteiger partial charge < -0.3 is 14.9 Å². The Morgan fingerprint density at radius 2 is 1.29 bits per heavy atom. The predicted octanol–water partition coefficient (Wildman–Crippen LogP) is 4.34. The summed E-state index contributed by atoms with van der Waals surface area (Å²) in [6, 6.07) is 14.3. The Morgan fingerprint density at radius 3 is 1.67 bits per heavy atom. The first-order valence-electron chi connectivity index (χ1n) is 6.66. The number of aromatic hydroxyl groups is 2. The zero-order valence-electron chi connectivity index (χ0n) is 11.7. The number of thioether (sulfide) groups is 2. The van der Waals surface area contributed by atoms with Gasteiger partial charge >= 0.3 is 0 Å². The molecule has 0 unspecified atom stereocenters. The molecule has 0 saturated heterocycles. The van der Waals surface area contributed by atoms with E-state index in [0.29, 0.717) is 13.2 Å². The molecule has 0 fully saturated rings. The summed E-state index contributed by atoms with van der Waals surface area (Å²) < 4.78 is 5.75. The number of phenols is 2. The third-order valence-electron chi connectivity index (χ3n) is 2.67. The minimum atomic E-state index is 0.207. The molecule has 0 aliphatic heterocycles. The largest absolute Gasteiger partial charge is 0.508 e. The first-order chi connectivity index (χ1) is 10.2. The molecule has 0 bridgehead atoms. The molecule has 0 amide bonds. The van der Waals surface area contributed by atoms with Gasteiger partial charge in [0.05, 0.1) is 11.2 Å². The van der Waals surface area contributed by atoms with E-state index in [1.54, 1.807) is 47.8 Å². The summed E-state index contributed by atoms with van der Waals surface area (Å²) in [6.45, 7) is 3.30. The van der Waals surface area contributed by atoms with Crippen LogP contribution < -0.4 is 0 Å². The van der Waals surface area contributed by atoms with Gasteiger partial charge in [0, 0.05) is 16.4 Å².